The van der Waals surface area contributed by atoms with Gasteiger partial charge in [0.2, 0.25) is 0 Å². The van der Waals surface area contributed by atoms with Crippen molar-refractivity contribution in [2.75, 3.05) is 0 Å². The van der Waals surface area contributed by atoms with Gasteiger partial charge in [0, 0.05) is 5.39 Å². The predicted octanol–water partition coefficient (Wildman–Crippen LogP) is 6.60. The summed E-state index contributed by atoms with van der Waals surface area (Å²) in [4.78, 5) is 13.2. The van der Waals surface area contributed by atoms with E-state index in [1.807, 2.05) is 26.0 Å². The summed E-state index contributed by atoms with van der Waals surface area (Å²) >= 11 is 0. The number of carbonyl (C=O) groups is 1. The molecule has 0 spiro atoms. The largest absolute Gasteiger partial charge is 0.426 e. The van der Waals surface area contributed by atoms with Crippen LogP contribution in [0.2, 0.25) is 0 Å². The summed E-state index contributed by atoms with van der Waals surface area (Å²) in [5.41, 5.74) is 0.757. The van der Waals surface area contributed by atoms with Crippen molar-refractivity contribution in [3.05, 3.63) is 41.2 Å². The van der Waals surface area contributed by atoms with E-state index in [1.54, 1.807) is 6.07 Å². The van der Waals surface area contributed by atoms with Gasteiger partial charge >= 0.3 is 5.97 Å². The smallest absolute Gasteiger partial charge is 0.317 e. The second-order valence-corrected chi connectivity index (χ2v) is 9.59. The Morgan fingerprint density at radius 2 is 1.93 bits per heavy atom. The first-order chi connectivity index (χ1) is 13.8. The van der Waals surface area contributed by atoms with Crippen LogP contribution in [0.1, 0.15) is 76.3 Å². The fourth-order valence-corrected chi connectivity index (χ4v) is 5.63. The van der Waals surface area contributed by atoms with Gasteiger partial charge in [0.25, 0.3) is 0 Å². The highest BCUT2D eigenvalue weighted by atomic mass is 19.1. The van der Waals surface area contributed by atoms with Crippen molar-refractivity contribution in [1.29, 1.82) is 0 Å². The highest BCUT2D eigenvalue weighted by Crippen LogP contribution is 2.49. The molecule has 2 bridgehead atoms. The third kappa shape index (κ3) is 3.66. The van der Waals surface area contributed by atoms with Gasteiger partial charge in [0.15, 0.2) is 0 Å². The number of hydrogen-bond acceptors (Lipinski definition) is 2. The van der Waals surface area contributed by atoms with Crippen LogP contribution in [-0.2, 0) is 4.79 Å². The Bertz CT molecular complexity index is 986. The van der Waals surface area contributed by atoms with E-state index in [-0.39, 0.29) is 17.5 Å². The molecule has 2 atom stereocenters. The molecular weight excluding hydrogens is 363 g/mol. The van der Waals surface area contributed by atoms with Crippen LogP contribution in [0.4, 0.5) is 4.39 Å². The van der Waals surface area contributed by atoms with Crippen molar-refractivity contribution >= 4 is 16.7 Å². The lowest BCUT2D eigenvalue weighted by Crippen LogP contribution is -2.41. The van der Waals surface area contributed by atoms with Crippen molar-refractivity contribution < 1.29 is 13.9 Å². The van der Waals surface area contributed by atoms with Gasteiger partial charge in [-0.05, 0) is 73.1 Å². The molecule has 0 radical (unpaired) electrons. The second-order valence-electron chi connectivity index (χ2n) is 9.59. The van der Waals surface area contributed by atoms with Crippen LogP contribution in [0.5, 0.6) is 5.75 Å². The summed E-state index contributed by atoms with van der Waals surface area (Å²) in [6, 6.07) is 6.77. The van der Waals surface area contributed by atoms with E-state index in [9.17, 15) is 9.18 Å². The van der Waals surface area contributed by atoms with E-state index < -0.39 is 11.2 Å². The Hall–Kier alpha value is -2.34. The quantitative estimate of drug-likeness (QED) is 0.334. The van der Waals surface area contributed by atoms with Gasteiger partial charge in [-0.1, -0.05) is 45.1 Å². The molecule has 0 saturated heterocycles. The molecule has 0 aromatic heterocycles. The van der Waals surface area contributed by atoms with Crippen LogP contribution < -0.4 is 4.74 Å². The molecule has 0 aliphatic heterocycles. The van der Waals surface area contributed by atoms with Gasteiger partial charge in [-0.25, -0.2) is 4.39 Å². The molecule has 4 rings (SSSR count). The van der Waals surface area contributed by atoms with E-state index in [4.69, 9.17) is 11.2 Å². The number of carbonyl (C=O) groups excluding carboxylic acids is 1. The fraction of sp³-hybridized carbons (Fsp3) is 0.500. The minimum Gasteiger partial charge on any atom is -0.426 e. The minimum absolute atomic E-state index is 0.120. The zero-order valence-electron chi connectivity index (χ0n) is 17.6. The number of terminal acetylenes is 1. The van der Waals surface area contributed by atoms with Gasteiger partial charge in [0.05, 0.1) is 11.0 Å². The summed E-state index contributed by atoms with van der Waals surface area (Å²) in [5, 5.41) is 1.54. The molecule has 2 aromatic carbocycles. The molecule has 152 valence electrons. The first-order valence-corrected chi connectivity index (χ1v) is 10.8. The normalized spacial score (nSPS) is 26.3. The maximum absolute atomic E-state index is 14.3. The molecular formula is C26H29FO2. The first kappa shape index (κ1) is 20.0. The van der Waals surface area contributed by atoms with Crippen LogP contribution in [0.25, 0.3) is 10.8 Å². The minimum atomic E-state index is -0.423. The molecule has 29 heavy (non-hydrogen) atoms. The number of fused-ring (bicyclic) bond motifs is 3. The van der Waals surface area contributed by atoms with E-state index in [2.05, 4.69) is 12.8 Å². The monoisotopic (exact) mass is 392 g/mol. The highest BCUT2D eigenvalue weighted by Gasteiger charge is 2.45. The van der Waals surface area contributed by atoms with Gasteiger partial charge in [0.1, 0.15) is 11.6 Å². The maximum atomic E-state index is 14.3. The lowest BCUT2D eigenvalue weighted by atomic mass is 9.61. The van der Waals surface area contributed by atoms with E-state index in [0.717, 1.165) is 29.2 Å². The molecule has 0 amide bonds. The summed E-state index contributed by atoms with van der Waals surface area (Å²) in [7, 11) is 0. The van der Waals surface area contributed by atoms with Crippen molar-refractivity contribution in [1.82, 2.24) is 0 Å². The average Bonchev–Trinajstić information content (AvgIpc) is 2.67. The van der Waals surface area contributed by atoms with Crippen LogP contribution in [-0.4, -0.2) is 5.97 Å². The molecule has 0 heterocycles. The van der Waals surface area contributed by atoms with Crippen molar-refractivity contribution in [2.24, 2.45) is 17.3 Å². The van der Waals surface area contributed by atoms with Crippen LogP contribution in [0, 0.1) is 35.4 Å². The van der Waals surface area contributed by atoms with E-state index in [0.29, 0.717) is 17.6 Å². The zero-order chi connectivity index (χ0) is 20.8. The summed E-state index contributed by atoms with van der Waals surface area (Å²) in [6.07, 6.45) is 12.4. The van der Waals surface area contributed by atoms with E-state index in [1.165, 1.54) is 31.7 Å². The third-order valence-electron chi connectivity index (χ3n) is 6.91. The third-order valence-corrected chi connectivity index (χ3v) is 6.91. The maximum Gasteiger partial charge on any atom is 0.317 e. The lowest BCUT2D eigenvalue weighted by molar-refractivity contribution is -0.150. The second kappa shape index (κ2) is 7.48. The van der Waals surface area contributed by atoms with Crippen LogP contribution in [0.15, 0.2) is 24.3 Å². The Labute approximate surface area is 172 Å². The SMILES string of the molecule is C#Cc1c(F)ccc2cc(OC(=O)C3(C)CC4CCCC(C4)C3)cc(C(C)C)c12. The number of rotatable bonds is 3. The van der Waals surface area contributed by atoms with E-state index >= 15 is 0 Å². The molecule has 3 heteroatoms. The topological polar surface area (TPSA) is 26.3 Å². The van der Waals surface area contributed by atoms with Gasteiger partial charge in [-0.3, -0.25) is 4.79 Å². The lowest BCUT2D eigenvalue weighted by Gasteiger charge is -2.43. The Balaban J connectivity index is 1.69. The molecule has 2 aliphatic carbocycles. The Morgan fingerprint density at radius 1 is 1.24 bits per heavy atom. The van der Waals surface area contributed by atoms with Crippen molar-refractivity contribution in [3.8, 4) is 18.1 Å². The summed E-state index contributed by atoms with van der Waals surface area (Å²) < 4.78 is 20.2. The predicted molar refractivity (Wildman–Crippen MR) is 114 cm³/mol. The number of benzene rings is 2. The van der Waals surface area contributed by atoms with Gasteiger partial charge in [-0.2, -0.15) is 0 Å². The Morgan fingerprint density at radius 3 is 2.55 bits per heavy atom. The summed E-state index contributed by atoms with van der Waals surface area (Å²) in [5.74, 6) is 3.89. The number of ether oxygens (including phenoxy) is 1. The summed E-state index contributed by atoms with van der Waals surface area (Å²) in [6.45, 7) is 6.14. The van der Waals surface area contributed by atoms with Gasteiger partial charge in [-0.15, -0.1) is 6.42 Å². The standard InChI is InChI=1S/C26H29FO2/c1-5-21-23(27)10-9-19-12-20(13-22(16(2)3)24(19)21)29-25(28)26(4)14-17-7-6-8-18(11-17)15-26/h1,9-10,12-13,16-18H,6-8,11,14-15H2,2-4H3. The molecule has 2 nitrogen and oxygen atoms in total. The zero-order valence-corrected chi connectivity index (χ0v) is 17.6. The average molecular weight is 393 g/mol. The molecule has 2 aliphatic rings. The van der Waals surface area contributed by atoms with Crippen LogP contribution >= 0.6 is 0 Å². The van der Waals surface area contributed by atoms with Gasteiger partial charge < -0.3 is 4.74 Å². The Kier molecular flexibility index (Phi) is 5.15. The highest BCUT2D eigenvalue weighted by molar-refractivity contribution is 5.93. The number of halogens is 1. The van der Waals surface area contributed by atoms with Crippen molar-refractivity contribution in [2.45, 2.75) is 65.2 Å². The molecule has 2 unspecified atom stereocenters. The van der Waals surface area contributed by atoms with Crippen LogP contribution in [0.3, 0.4) is 0 Å². The number of hydrogen-bond donors (Lipinski definition) is 0. The molecule has 0 N–H and O–H groups in total. The molecule has 2 fully saturated rings. The molecule has 2 aromatic rings. The fourth-order valence-electron chi connectivity index (χ4n) is 5.63. The number of esters is 1. The first-order valence-electron chi connectivity index (χ1n) is 10.8. The molecule has 2 saturated carbocycles. The van der Waals surface area contributed by atoms with Crippen molar-refractivity contribution in [3.63, 3.8) is 0 Å².